The molecule has 0 spiro atoms. The van der Waals surface area contributed by atoms with Crippen LogP contribution in [0.1, 0.15) is 47.1 Å². The Morgan fingerprint density at radius 2 is 1.34 bits per heavy atom. The van der Waals surface area contributed by atoms with Crippen LogP contribution < -0.4 is 4.74 Å². The molecule has 0 aliphatic carbocycles. The average Bonchev–Trinajstić information content (AvgIpc) is 3.29. The molecule has 8 unspecified atom stereocenters. The Morgan fingerprint density at radius 3 is 1.87 bits per heavy atom. The minimum Gasteiger partial charge on any atom is -0.461 e. The van der Waals surface area contributed by atoms with E-state index in [1.165, 1.54) is 0 Å². The van der Waals surface area contributed by atoms with Crippen LogP contribution in [0.25, 0.3) is 6.08 Å². The number of carbonyl (C=O) groups is 6. The van der Waals surface area contributed by atoms with Gasteiger partial charge < -0.3 is 47.4 Å². The van der Waals surface area contributed by atoms with Gasteiger partial charge in [0.15, 0.2) is 24.6 Å². The molecule has 16 nitrogen and oxygen atoms in total. The predicted octanol–water partition coefficient (Wildman–Crippen LogP) is 1.40. The zero-order valence-corrected chi connectivity index (χ0v) is 26.8. The van der Waals surface area contributed by atoms with Gasteiger partial charge in [0.05, 0.1) is 13.2 Å². The molecule has 2 fully saturated rings. The van der Waals surface area contributed by atoms with Crippen molar-refractivity contribution in [1.82, 2.24) is 0 Å². The Kier molecular flexibility index (Phi) is 12.8. The molecule has 2 saturated heterocycles. The molecule has 0 radical (unpaired) electrons. The van der Waals surface area contributed by atoms with Crippen LogP contribution in [0.5, 0.6) is 5.75 Å². The lowest BCUT2D eigenvalue weighted by Gasteiger charge is -2.44. The van der Waals surface area contributed by atoms with E-state index in [9.17, 15) is 28.8 Å². The molecule has 16 heteroatoms. The maximum absolute atomic E-state index is 12.2. The Morgan fingerprint density at radius 1 is 0.766 bits per heavy atom. The monoisotopic (exact) mass is 666 g/mol. The van der Waals surface area contributed by atoms with E-state index in [0.717, 1.165) is 47.1 Å². The lowest BCUT2D eigenvalue weighted by molar-refractivity contribution is -0.297. The lowest BCUT2D eigenvalue weighted by atomic mass is 9.97. The summed E-state index contributed by atoms with van der Waals surface area (Å²) in [5, 5.41) is 0. The van der Waals surface area contributed by atoms with Crippen LogP contribution in [0.2, 0.25) is 0 Å². The first-order chi connectivity index (χ1) is 22.1. The summed E-state index contributed by atoms with van der Waals surface area (Å²) in [7, 11) is 0. The highest BCUT2D eigenvalue weighted by Gasteiger charge is 2.58. The third kappa shape index (κ3) is 10.2. The van der Waals surface area contributed by atoms with Crippen LogP contribution in [-0.2, 0) is 71.4 Å². The molecule has 2 heterocycles. The van der Waals surface area contributed by atoms with Gasteiger partial charge in [-0.3, -0.25) is 28.8 Å². The molecule has 0 saturated carbocycles. The highest BCUT2D eigenvalue weighted by Crippen LogP contribution is 2.35. The smallest absolute Gasteiger partial charge is 0.303 e. The zero-order chi connectivity index (χ0) is 34.9. The Balaban J connectivity index is 1.98. The van der Waals surface area contributed by atoms with Gasteiger partial charge in [-0.25, -0.2) is 0 Å². The van der Waals surface area contributed by atoms with Gasteiger partial charge in [0.2, 0.25) is 18.0 Å². The molecule has 1 aromatic carbocycles. The number of esters is 6. The molecule has 1 aromatic rings. The quantitative estimate of drug-likeness (QED) is 0.216. The summed E-state index contributed by atoms with van der Waals surface area (Å²) in [6.07, 6.45) is -8.26. The Bertz CT molecular complexity index is 1330. The van der Waals surface area contributed by atoms with Crippen molar-refractivity contribution in [3.63, 3.8) is 0 Å². The van der Waals surface area contributed by atoms with Crippen LogP contribution in [-0.4, -0.2) is 104 Å². The zero-order valence-electron chi connectivity index (χ0n) is 26.8. The average molecular weight is 667 g/mol. The first kappa shape index (κ1) is 36.9. The van der Waals surface area contributed by atoms with Crippen molar-refractivity contribution in [1.29, 1.82) is 0 Å². The molecule has 0 bridgehead atoms. The summed E-state index contributed by atoms with van der Waals surface area (Å²) in [6, 6.07) is 6.61. The van der Waals surface area contributed by atoms with Gasteiger partial charge in [-0.05, 0) is 17.7 Å². The van der Waals surface area contributed by atoms with E-state index in [2.05, 4.69) is 6.58 Å². The molecule has 2 aliphatic heterocycles. The van der Waals surface area contributed by atoms with Crippen molar-refractivity contribution < 1.29 is 76.1 Å². The molecule has 8 atom stereocenters. The van der Waals surface area contributed by atoms with E-state index in [1.807, 2.05) is 0 Å². The lowest BCUT2D eigenvalue weighted by Crippen LogP contribution is -2.63. The topological polar surface area (TPSA) is 195 Å². The van der Waals surface area contributed by atoms with Crippen LogP contribution in [0, 0.1) is 0 Å². The fourth-order valence-electron chi connectivity index (χ4n) is 4.96. The molecule has 0 amide bonds. The van der Waals surface area contributed by atoms with Gasteiger partial charge in [0, 0.05) is 41.5 Å². The summed E-state index contributed by atoms with van der Waals surface area (Å²) in [6.45, 7) is 8.94. The number of hydrogen-bond acceptors (Lipinski definition) is 16. The second kappa shape index (κ2) is 16.3. The molecule has 0 N–H and O–H groups in total. The number of benzene rings is 1. The number of ether oxygens (including phenoxy) is 10. The highest BCUT2D eigenvalue weighted by molar-refractivity contribution is 5.69. The normalized spacial score (nSPS) is 28.3. The van der Waals surface area contributed by atoms with E-state index < -0.39 is 104 Å². The van der Waals surface area contributed by atoms with Gasteiger partial charge in [0.1, 0.15) is 18.5 Å². The maximum atomic E-state index is 12.2. The van der Waals surface area contributed by atoms with Crippen molar-refractivity contribution in [2.75, 3.05) is 19.8 Å². The summed E-state index contributed by atoms with van der Waals surface area (Å²) in [5.74, 6) is -4.39. The largest absolute Gasteiger partial charge is 0.461 e. The van der Waals surface area contributed by atoms with Gasteiger partial charge in [-0.2, -0.15) is 0 Å². The molecular formula is C31H38O16. The second-order valence-electron chi connectivity index (χ2n) is 10.6. The number of carbonyl (C=O) groups excluding carboxylic acids is 6. The van der Waals surface area contributed by atoms with Crippen LogP contribution in [0.15, 0.2) is 30.8 Å². The van der Waals surface area contributed by atoms with Crippen molar-refractivity contribution in [2.45, 2.75) is 90.2 Å². The molecular weight excluding hydrogens is 628 g/mol. The van der Waals surface area contributed by atoms with Gasteiger partial charge in [0.25, 0.3) is 0 Å². The van der Waals surface area contributed by atoms with Crippen molar-refractivity contribution in [2.24, 2.45) is 0 Å². The third-order valence-electron chi connectivity index (χ3n) is 6.71. The molecule has 258 valence electrons. The minimum atomic E-state index is -1.78. The Labute approximate surface area is 270 Å². The van der Waals surface area contributed by atoms with Gasteiger partial charge in [-0.1, -0.05) is 24.8 Å². The molecule has 47 heavy (non-hydrogen) atoms. The minimum absolute atomic E-state index is 0.274. The van der Waals surface area contributed by atoms with Crippen molar-refractivity contribution >= 4 is 41.9 Å². The second-order valence-corrected chi connectivity index (χ2v) is 10.6. The van der Waals surface area contributed by atoms with Crippen LogP contribution in [0.4, 0.5) is 0 Å². The molecule has 3 rings (SSSR count). The van der Waals surface area contributed by atoms with Crippen molar-refractivity contribution in [3.8, 4) is 5.75 Å². The molecule has 0 aromatic heterocycles. The SMILES string of the molecule is C=Cc1ccc(OC2OC(COC3OCC(COC(C)=O)(OC(C)=O)C3OC(C)=O)C(OC(C)=O)C(OC(C)=O)C2OC(C)=O)cc1. The first-order valence-electron chi connectivity index (χ1n) is 14.4. The van der Waals surface area contributed by atoms with E-state index in [-0.39, 0.29) is 5.75 Å². The fourth-order valence-corrected chi connectivity index (χ4v) is 4.96. The number of hydrogen-bond donors (Lipinski definition) is 0. The van der Waals surface area contributed by atoms with E-state index in [0.29, 0.717) is 0 Å². The summed E-state index contributed by atoms with van der Waals surface area (Å²) >= 11 is 0. The molecule has 2 aliphatic rings. The van der Waals surface area contributed by atoms with Gasteiger partial charge in [-0.15, -0.1) is 0 Å². The standard InChI is InChI=1S/C31H38O16/c1-8-22-9-11-23(12-10-22)45-29-27(43-19(5)35)26(42-18(4)34)25(41-17(3)33)24(46-29)13-38-30-28(44-20(6)36)31(15-40-30,47-21(7)37)14-39-16(2)32/h8-12,24-30H,1,13-15H2,2-7H3. The van der Waals surface area contributed by atoms with E-state index in [4.69, 9.17) is 47.4 Å². The number of rotatable bonds is 13. The highest BCUT2D eigenvalue weighted by atomic mass is 16.8. The Hall–Kier alpha value is -4.54. The van der Waals surface area contributed by atoms with E-state index >= 15 is 0 Å². The predicted molar refractivity (Wildman–Crippen MR) is 155 cm³/mol. The van der Waals surface area contributed by atoms with Crippen LogP contribution in [0.3, 0.4) is 0 Å². The summed E-state index contributed by atoms with van der Waals surface area (Å²) < 4.78 is 56.2. The maximum Gasteiger partial charge on any atom is 0.303 e. The fraction of sp³-hybridized carbons (Fsp3) is 0.548. The third-order valence-corrected chi connectivity index (χ3v) is 6.71. The summed E-state index contributed by atoms with van der Waals surface area (Å²) in [4.78, 5) is 72.3. The van der Waals surface area contributed by atoms with Crippen LogP contribution >= 0.6 is 0 Å². The summed E-state index contributed by atoms with van der Waals surface area (Å²) in [5.41, 5.74) is -0.990. The van der Waals surface area contributed by atoms with Gasteiger partial charge >= 0.3 is 35.8 Å². The first-order valence-corrected chi connectivity index (χ1v) is 14.4. The van der Waals surface area contributed by atoms with E-state index in [1.54, 1.807) is 30.3 Å². The van der Waals surface area contributed by atoms with Crippen molar-refractivity contribution in [3.05, 3.63) is 36.4 Å².